The van der Waals surface area contributed by atoms with Crippen LogP contribution in [-0.4, -0.2) is 36.2 Å². The van der Waals surface area contributed by atoms with Gasteiger partial charge in [-0.3, -0.25) is 10.1 Å². The summed E-state index contributed by atoms with van der Waals surface area (Å²) in [5.74, 6) is -1.79. The van der Waals surface area contributed by atoms with Crippen molar-refractivity contribution in [3.8, 4) is 5.75 Å². The van der Waals surface area contributed by atoms with Crippen LogP contribution in [0.3, 0.4) is 0 Å². The van der Waals surface area contributed by atoms with E-state index in [2.05, 4.69) is 26.6 Å². The Morgan fingerprint density at radius 1 is 1.33 bits per heavy atom. The summed E-state index contributed by atoms with van der Waals surface area (Å²) in [6, 6.07) is 3.77. The summed E-state index contributed by atoms with van der Waals surface area (Å²) in [7, 11) is 0. The molecule has 0 aliphatic heterocycles. The van der Waals surface area contributed by atoms with Gasteiger partial charge in [0.05, 0.1) is 0 Å². The van der Waals surface area contributed by atoms with Crippen LogP contribution in [0.2, 0.25) is 0 Å². The van der Waals surface area contributed by atoms with Crippen molar-refractivity contribution in [2.45, 2.75) is 13.3 Å². The second-order valence-corrected chi connectivity index (χ2v) is 4.95. The van der Waals surface area contributed by atoms with Gasteiger partial charge in [-0.2, -0.15) is 0 Å². The van der Waals surface area contributed by atoms with Gasteiger partial charge in [-0.1, -0.05) is 22.9 Å². The molecule has 3 N–H and O–H groups in total. The molecule has 21 heavy (non-hydrogen) atoms. The lowest BCUT2D eigenvalue weighted by atomic mass is 10.2. The lowest BCUT2D eigenvalue weighted by molar-refractivity contribution is -0.122. The molecular formula is C13H15BrN2O5. The van der Waals surface area contributed by atoms with Crippen LogP contribution in [-0.2, 0) is 4.79 Å². The maximum Gasteiger partial charge on any atom is 0.339 e. The number of hydrogen-bond acceptors (Lipinski definition) is 4. The fourth-order valence-corrected chi connectivity index (χ4v) is 1.75. The van der Waals surface area contributed by atoms with E-state index in [9.17, 15) is 14.4 Å². The van der Waals surface area contributed by atoms with Crippen molar-refractivity contribution in [3.05, 3.63) is 28.2 Å². The van der Waals surface area contributed by atoms with Crippen molar-refractivity contribution >= 4 is 33.8 Å². The zero-order valence-electron chi connectivity index (χ0n) is 11.3. The molecule has 0 atom stereocenters. The van der Waals surface area contributed by atoms with Gasteiger partial charge in [0.15, 0.2) is 6.61 Å². The number of rotatable bonds is 6. The highest BCUT2D eigenvalue weighted by atomic mass is 79.9. The van der Waals surface area contributed by atoms with Crippen LogP contribution in [0.25, 0.3) is 0 Å². The molecule has 3 amide bonds. The number of nitrogens with one attached hydrogen (secondary N) is 2. The summed E-state index contributed by atoms with van der Waals surface area (Å²) in [6.07, 6.45) is 0.749. The number of aromatic carboxylic acids is 1. The maximum absolute atomic E-state index is 11.5. The molecule has 1 rings (SSSR count). The van der Waals surface area contributed by atoms with Crippen LogP contribution in [0.1, 0.15) is 23.7 Å². The van der Waals surface area contributed by atoms with Crippen LogP contribution in [0.5, 0.6) is 5.75 Å². The largest absolute Gasteiger partial charge is 0.483 e. The van der Waals surface area contributed by atoms with Gasteiger partial charge >= 0.3 is 12.0 Å². The van der Waals surface area contributed by atoms with Gasteiger partial charge in [-0.25, -0.2) is 9.59 Å². The van der Waals surface area contributed by atoms with E-state index in [1.807, 2.05) is 6.92 Å². The molecule has 0 bridgehead atoms. The van der Waals surface area contributed by atoms with E-state index in [0.717, 1.165) is 6.42 Å². The number of imide groups is 1. The molecule has 0 fully saturated rings. The minimum absolute atomic E-state index is 0.0508. The van der Waals surface area contributed by atoms with E-state index >= 15 is 0 Å². The molecule has 0 saturated carbocycles. The Balaban J connectivity index is 2.57. The smallest absolute Gasteiger partial charge is 0.339 e. The monoisotopic (exact) mass is 358 g/mol. The van der Waals surface area contributed by atoms with Crippen molar-refractivity contribution in [2.75, 3.05) is 13.2 Å². The fourth-order valence-electron chi connectivity index (χ4n) is 1.38. The lowest BCUT2D eigenvalue weighted by Gasteiger charge is -2.10. The number of halogens is 1. The number of carbonyl (C=O) groups is 3. The Morgan fingerprint density at radius 2 is 2.05 bits per heavy atom. The van der Waals surface area contributed by atoms with Crippen LogP contribution in [0.15, 0.2) is 22.7 Å². The molecule has 8 heteroatoms. The molecule has 0 aliphatic carbocycles. The topological polar surface area (TPSA) is 105 Å². The minimum Gasteiger partial charge on any atom is -0.483 e. The Morgan fingerprint density at radius 3 is 2.67 bits per heavy atom. The number of hydrogen-bond donors (Lipinski definition) is 3. The molecule has 0 heterocycles. The van der Waals surface area contributed by atoms with Gasteiger partial charge in [0, 0.05) is 11.0 Å². The molecule has 0 unspecified atom stereocenters. The maximum atomic E-state index is 11.5. The van der Waals surface area contributed by atoms with E-state index in [1.54, 1.807) is 6.07 Å². The SMILES string of the molecule is CCCNC(=O)NC(=O)COc1ccc(Br)cc1C(=O)O. The van der Waals surface area contributed by atoms with Crippen LogP contribution >= 0.6 is 15.9 Å². The Kier molecular flexibility index (Phi) is 6.67. The highest BCUT2D eigenvalue weighted by Gasteiger charge is 2.14. The highest BCUT2D eigenvalue weighted by Crippen LogP contribution is 2.23. The summed E-state index contributed by atoms with van der Waals surface area (Å²) in [5.41, 5.74) is -0.0763. The Hall–Kier alpha value is -2.09. The number of carboxylic acid groups (broad SMARTS) is 1. The Labute approximate surface area is 129 Å². The second-order valence-electron chi connectivity index (χ2n) is 4.04. The van der Waals surface area contributed by atoms with Crippen molar-refractivity contribution in [1.29, 1.82) is 0 Å². The minimum atomic E-state index is -1.17. The first-order valence-electron chi connectivity index (χ1n) is 6.17. The number of carbonyl (C=O) groups excluding carboxylic acids is 2. The van der Waals surface area contributed by atoms with Gasteiger partial charge in [0.2, 0.25) is 0 Å². The predicted molar refractivity (Wildman–Crippen MR) is 78.4 cm³/mol. The van der Waals surface area contributed by atoms with Gasteiger partial charge < -0.3 is 15.2 Å². The van der Waals surface area contributed by atoms with E-state index in [4.69, 9.17) is 9.84 Å². The third kappa shape index (κ3) is 5.82. The molecule has 0 radical (unpaired) electrons. The molecule has 1 aromatic rings. The van der Waals surface area contributed by atoms with Crippen molar-refractivity contribution < 1.29 is 24.2 Å². The first-order chi connectivity index (χ1) is 9.93. The van der Waals surface area contributed by atoms with E-state index in [-0.39, 0.29) is 11.3 Å². The van der Waals surface area contributed by atoms with Gasteiger partial charge in [-0.15, -0.1) is 0 Å². The van der Waals surface area contributed by atoms with Crippen molar-refractivity contribution in [3.63, 3.8) is 0 Å². The highest BCUT2D eigenvalue weighted by molar-refractivity contribution is 9.10. The number of ether oxygens (including phenoxy) is 1. The third-order valence-electron chi connectivity index (χ3n) is 2.32. The number of benzene rings is 1. The first kappa shape index (κ1) is 17.0. The Bertz CT molecular complexity index is 547. The van der Waals surface area contributed by atoms with Crippen LogP contribution in [0, 0.1) is 0 Å². The predicted octanol–water partition coefficient (Wildman–Crippen LogP) is 1.76. The molecule has 0 saturated heterocycles. The summed E-state index contributed by atoms with van der Waals surface area (Å²) < 4.78 is 5.71. The van der Waals surface area contributed by atoms with Crippen molar-refractivity contribution in [1.82, 2.24) is 10.6 Å². The molecule has 7 nitrogen and oxygen atoms in total. The molecule has 0 spiro atoms. The first-order valence-corrected chi connectivity index (χ1v) is 6.96. The molecule has 1 aromatic carbocycles. The molecule has 114 valence electrons. The summed E-state index contributed by atoms with van der Waals surface area (Å²) in [6.45, 7) is 1.88. The number of amides is 3. The molecular weight excluding hydrogens is 344 g/mol. The molecule has 0 aliphatic rings. The zero-order chi connectivity index (χ0) is 15.8. The average Bonchev–Trinajstić information content (AvgIpc) is 2.43. The van der Waals surface area contributed by atoms with Gasteiger partial charge in [0.25, 0.3) is 5.91 Å². The van der Waals surface area contributed by atoms with E-state index in [0.29, 0.717) is 11.0 Å². The average molecular weight is 359 g/mol. The number of urea groups is 1. The summed E-state index contributed by atoms with van der Waals surface area (Å²) in [4.78, 5) is 33.8. The van der Waals surface area contributed by atoms with Crippen LogP contribution in [0.4, 0.5) is 4.79 Å². The summed E-state index contributed by atoms with van der Waals surface area (Å²) >= 11 is 3.15. The zero-order valence-corrected chi connectivity index (χ0v) is 12.9. The third-order valence-corrected chi connectivity index (χ3v) is 2.81. The standard InChI is InChI=1S/C13H15BrN2O5/c1-2-5-15-13(20)16-11(17)7-21-10-4-3-8(14)6-9(10)12(18)19/h3-4,6H,2,5,7H2,1H3,(H,18,19)(H2,15,16,17,20). The quantitative estimate of drug-likeness (QED) is 0.718. The normalized spacial score (nSPS) is 9.81. The van der Waals surface area contributed by atoms with Gasteiger partial charge in [0.1, 0.15) is 11.3 Å². The number of carboxylic acids is 1. The summed E-state index contributed by atoms with van der Waals surface area (Å²) in [5, 5.41) is 13.6. The van der Waals surface area contributed by atoms with Crippen LogP contribution < -0.4 is 15.4 Å². The fraction of sp³-hybridized carbons (Fsp3) is 0.308. The lowest BCUT2D eigenvalue weighted by Crippen LogP contribution is -2.41. The van der Waals surface area contributed by atoms with E-state index in [1.165, 1.54) is 12.1 Å². The van der Waals surface area contributed by atoms with E-state index < -0.39 is 24.5 Å². The molecule has 0 aromatic heterocycles. The van der Waals surface area contributed by atoms with Gasteiger partial charge in [-0.05, 0) is 24.6 Å². The van der Waals surface area contributed by atoms with Crippen molar-refractivity contribution in [2.24, 2.45) is 0 Å². The second kappa shape index (κ2) is 8.25.